The highest BCUT2D eigenvalue weighted by Gasteiger charge is 2.46. The van der Waals surface area contributed by atoms with Crippen molar-refractivity contribution < 1.29 is 4.79 Å². The van der Waals surface area contributed by atoms with Crippen LogP contribution in [0.4, 0.5) is 5.69 Å². The lowest BCUT2D eigenvalue weighted by Crippen LogP contribution is -2.53. The molecule has 4 fully saturated rings. The molecule has 140 valence electrons. The number of benzene rings is 1. The minimum absolute atomic E-state index is 0.239. The van der Waals surface area contributed by atoms with Gasteiger partial charge in [0.15, 0.2) is 0 Å². The van der Waals surface area contributed by atoms with E-state index in [2.05, 4.69) is 39.0 Å². The van der Waals surface area contributed by atoms with Gasteiger partial charge < -0.3 is 9.80 Å². The number of rotatable bonds is 4. The Morgan fingerprint density at radius 3 is 2.15 bits per heavy atom. The Bertz CT molecular complexity index is 640. The maximum atomic E-state index is 12.9. The average molecular weight is 354 g/mol. The third-order valence-electron chi connectivity index (χ3n) is 7.12. The van der Waals surface area contributed by atoms with Crippen molar-refractivity contribution in [1.82, 2.24) is 9.80 Å². The summed E-state index contributed by atoms with van der Waals surface area (Å²) in [5, 5.41) is 0. The van der Waals surface area contributed by atoms with E-state index in [1.807, 2.05) is 0 Å². The molecule has 0 spiro atoms. The van der Waals surface area contributed by atoms with Crippen LogP contribution in [-0.2, 0) is 4.79 Å². The first-order valence-corrected chi connectivity index (χ1v) is 10.7. The van der Waals surface area contributed by atoms with Gasteiger partial charge in [0.1, 0.15) is 0 Å². The molecule has 1 amide bonds. The van der Waals surface area contributed by atoms with Crippen molar-refractivity contribution in [1.29, 1.82) is 0 Å². The molecular formula is C22H31N3O. The molecule has 0 N–H and O–H groups in total. The van der Waals surface area contributed by atoms with Gasteiger partial charge in [0.2, 0.25) is 5.91 Å². The van der Waals surface area contributed by atoms with Crippen molar-refractivity contribution in [3.8, 4) is 0 Å². The van der Waals surface area contributed by atoms with Crippen LogP contribution in [0.15, 0.2) is 24.3 Å². The van der Waals surface area contributed by atoms with Crippen LogP contribution in [0.25, 0.3) is 0 Å². The van der Waals surface area contributed by atoms with Crippen LogP contribution in [0.5, 0.6) is 0 Å². The molecule has 2 aliphatic heterocycles. The third kappa shape index (κ3) is 3.13. The first-order valence-electron chi connectivity index (χ1n) is 10.7. The molecule has 2 saturated heterocycles. The summed E-state index contributed by atoms with van der Waals surface area (Å²) < 4.78 is 0. The Labute approximate surface area is 157 Å². The molecule has 4 aliphatic rings. The van der Waals surface area contributed by atoms with Crippen LogP contribution in [-0.4, -0.2) is 61.0 Å². The lowest BCUT2D eigenvalue weighted by molar-refractivity contribution is -0.135. The number of carbonyl (C=O) groups excluding carboxylic acids is 1. The molecular weight excluding hydrogens is 322 g/mol. The van der Waals surface area contributed by atoms with Gasteiger partial charge in [-0.25, -0.2) is 0 Å². The van der Waals surface area contributed by atoms with Crippen LogP contribution >= 0.6 is 0 Å². The van der Waals surface area contributed by atoms with Crippen LogP contribution in [0.2, 0.25) is 0 Å². The Balaban J connectivity index is 1.15. The van der Waals surface area contributed by atoms with Crippen LogP contribution in [0, 0.1) is 5.92 Å². The molecule has 0 radical (unpaired) electrons. The van der Waals surface area contributed by atoms with Crippen molar-refractivity contribution >= 4 is 11.6 Å². The maximum Gasteiger partial charge on any atom is 0.226 e. The van der Waals surface area contributed by atoms with Crippen LogP contribution in [0.1, 0.15) is 50.0 Å². The summed E-state index contributed by atoms with van der Waals surface area (Å²) in [5.41, 5.74) is 2.71. The SMILES string of the molecule is O=C([C@H]1CC1c1ccc(N2CCCC2)cc1)N1CCN(C2CCC2)CC1. The Hall–Kier alpha value is -1.55. The van der Waals surface area contributed by atoms with Gasteiger partial charge in [-0.2, -0.15) is 0 Å². The summed E-state index contributed by atoms with van der Waals surface area (Å²) in [7, 11) is 0. The van der Waals surface area contributed by atoms with E-state index >= 15 is 0 Å². The van der Waals surface area contributed by atoms with Gasteiger partial charge >= 0.3 is 0 Å². The van der Waals surface area contributed by atoms with E-state index in [1.165, 1.54) is 56.4 Å². The predicted octanol–water partition coefficient (Wildman–Crippen LogP) is 3.09. The fourth-order valence-electron chi connectivity index (χ4n) is 5.04. The van der Waals surface area contributed by atoms with Gasteiger partial charge in [0.05, 0.1) is 0 Å². The summed E-state index contributed by atoms with van der Waals surface area (Å²) >= 11 is 0. The fraction of sp³-hybridized carbons (Fsp3) is 0.682. The second-order valence-electron chi connectivity index (χ2n) is 8.68. The highest BCUT2D eigenvalue weighted by atomic mass is 16.2. The van der Waals surface area contributed by atoms with Crippen molar-refractivity contribution in [3.05, 3.63) is 29.8 Å². The van der Waals surface area contributed by atoms with Crippen molar-refractivity contribution in [3.63, 3.8) is 0 Å². The van der Waals surface area contributed by atoms with E-state index in [9.17, 15) is 4.79 Å². The van der Waals surface area contributed by atoms with Gasteiger partial charge in [0.25, 0.3) is 0 Å². The van der Waals surface area contributed by atoms with E-state index in [4.69, 9.17) is 0 Å². The standard InChI is InChI=1S/C22H31N3O/c26-22(25-14-12-24(13-15-25)18-4-3-5-18)21-16-20(21)17-6-8-19(9-7-17)23-10-1-2-11-23/h6-9,18,20-21H,1-5,10-16H2/t20?,21-/m0/s1. The van der Waals surface area contributed by atoms with Gasteiger partial charge in [-0.1, -0.05) is 18.6 Å². The number of nitrogens with zero attached hydrogens (tertiary/aromatic N) is 3. The van der Waals surface area contributed by atoms with E-state index < -0.39 is 0 Å². The largest absolute Gasteiger partial charge is 0.372 e. The summed E-state index contributed by atoms with van der Waals surface area (Å²) in [6.07, 6.45) is 7.80. The van der Waals surface area contributed by atoms with Crippen molar-refractivity contribution in [2.75, 3.05) is 44.2 Å². The summed E-state index contributed by atoms with van der Waals surface area (Å²) in [4.78, 5) is 20.1. The zero-order valence-electron chi connectivity index (χ0n) is 15.8. The van der Waals surface area contributed by atoms with Gasteiger partial charge in [-0.15, -0.1) is 0 Å². The first kappa shape index (κ1) is 16.6. The van der Waals surface area contributed by atoms with Crippen LogP contribution < -0.4 is 4.90 Å². The molecule has 4 nitrogen and oxygen atoms in total. The molecule has 4 heteroatoms. The van der Waals surface area contributed by atoms with Gasteiger partial charge in [-0.05, 0) is 55.7 Å². The van der Waals surface area contributed by atoms with Crippen molar-refractivity contribution in [2.45, 2.75) is 50.5 Å². The highest BCUT2D eigenvalue weighted by Crippen LogP contribution is 2.49. The first-order chi connectivity index (χ1) is 12.8. The Kier molecular flexibility index (Phi) is 4.39. The lowest BCUT2D eigenvalue weighted by atomic mass is 9.91. The zero-order valence-corrected chi connectivity index (χ0v) is 15.8. The smallest absolute Gasteiger partial charge is 0.226 e. The predicted molar refractivity (Wildman–Crippen MR) is 105 cm³/mol. The summed E-state index contributed by atoms with van der Waals surface area (Å²) in [5.74, 6) is 1.11. The molecule has 1 aromatic carbocycles. The molecule has 0 aromatic heterocycles. The summed E-state index contributed by atoms with van der Waals surface area (Å²) in [6.45, 7) is 6.42. The number of piperazine rings is 1. The van der Waals surface area contributed by atoms with Gasteiger partial charge in [0, 0.05) is 56.9 Å². The second kappa shape index (κ2) is 6.88. The van der Waals surface area contributed by atoms with Gasteiger partial charge in [-0.3, -0.25) is 9.69 Å². The summed E-state index contributed by atoms with van der Waals surface area (Å²) in [6, 6.07) is 9.87. The second-order valence-corrected chi connectivity index (χ2v) is 8.68. The molecule has 26 heavy (non-hydrogen) atoms. The van der Waals surface area contributed by atoms with Crippen LogP contribution in [0.3, 0.4) is 0 Å². The Morgan fingerprint density at radius 1 is 0.846 bits per heavy atom. The molecule has 2 saturated carbocycles. The number of carbonyl (C=O) groups is 1. The molecule has 0 bridgehead atoms. The van der Waals surface area contributed by atoms with E-state index in [1.54, 1.807) is 0 Å². The number of hydrogen-bond donors (Lipinski definition) is 0. The number of anilines is 1. The van der Waals surface area contributed by atoms with E-state index in [0.717, 1.165) is 38.6 Å². The molecule has 5 rings (SSSR count). The molecule has 1 unspecified atom stereocenters. The number of amides is 1. The lowest BCUT2D eigenvalue weighted by Gasteiger charge is -2.43. The normalized spacial score (nSPS) is 29.7. The highest BCUT2D eigenvalue weighted by molar-refractivity contribution is 5.83. The average Bonchev–Trinajstić information content (AvgIpc) is 3.25. The monoisotopic (exact) mass is 353 g/mol. The molecule has 2 aliphatic carbocycles. The van der Waals surface area contributed by atoms with E-state index in [0.29, 0.717) is 11.8 Å². The minimum Gasteiger partial charge on any atom is -0.372 e. The maximum absolute atomic E-state index is 12.9. The molecule has 2 heterocycles. The number of hydrogen-bond acceptors (Lipinski definition) is 3. The van der Waals surface area contributed by atoms with Crippen molar-refractivity contribution in [2.24, 2.45) is 5.92 Å². The zero-order chi connectivity index (χ0) is 17.5. The van der Waals surface area contributed by atoms with E-state index in [-0.39, 0.29) is 5.92 Å². The third-order valence-corrected chi connectivity index (χ3v) is 7.12. The minimum atomic E-state index is 0.239. The Morgan fingerprint density at radius 2 is 1.54 bits per heavy atom. The quantitative estimate of drug-likeness (QED) is 0.832. The molecule has 1 aromatic rings. The topological polar surface area (TPSA) is 26.8 Å². The molecule has 2 atom stereocenters. The fourth-order valence-corrected chi connectivity index (χ4v) is 5.04.